The van der Waals surface area contributed by atoms with Crippen LogP contribution in [0.1, 0.15) is 20.3 Å². The van der Waals surface area contributed by atoms with Gasteiger partial charge in [0.1, 0.15) is 11.5 Å². The summed E-state index contributed by atoms with van der Waals surface area (Å²) < 4.78 is 10.5. The van der Waals surface area contributed by atoms with Gasteiger partial charge >= 0.3 is 0 Å². The van der Waals surface area contributed by atoms with Crippen molar-refractivity contribution in [2.45, 2.75) is 26.3 Å². The van der Waals surface area contributed by atoms with Gasteiger partial charge in [-0.3, -0.25) is 0 Å². The van der Waals surface area contributed by atoms with E-state index < -0.39 is 0 Å². The molecule has 3 N–H and O–H groups in total. The van der Waals surface area contributed by atoms with Crippen LogP contribution in [0.3, 0.4) is 0 Å². The summed E-state index contributed by atoms with van der Waals surface area (Å²) in [7, 11) is 3.29. The van der Waals surface area contributed by atoms with E-state index in [9.17, 15) is 0 Å². The molecule has 0 aliphatic carbocycles. The third-order valence-electron chi connectivity index (χ3n) is 2.74. The van der Waals surface area contributed by atoms with Gasteiger partial charge in [0.15, 0.2) is 0 Å². The molecule has 102 valence electrons. The minimum atomic E-state index is 0.150. The number of ether oxygens (including phenoxy) is 2. The molecule has 0 spiro atoms. The number of methoxy groups -OCH3 is 2. The molecule has 0 heterocycles. The van der Waals surface area contributed by atoms with Crippen LogP contribution in [0.15, 0.2) is 18.2 Å². The molecule has 4 nitrogen and oxygen atoms in total. The lowest BCUT2D eigenvalue weighted by Gasteiger charge is -2.17. The summed E-state index contributed by atoms with van der Waals surface area (Å²) in [6.45, 7) is 5.09. The average molecular weight is 252 g/mol. The number of nitrogens with one attached hydrogen (secondary N) is 1. The fraction of sp³-hybridized carbons (Fsp3) is 0.571. The van der Waals surface area contributed by atoms with E-state index in [2.05, 4.69) is 19.2 Å². The van der Waals surface area contributed by atoms with Crippen LogP contribution >= 0.6 is 0 Å². The highest BCUT2D eigenvalue weighted by molar-refractivity contribution is 5.59. The van der Waals surface area contributed by atoms with E-state index in [0.29, 0.717) is 5.92 Å². The summed E-state index contributed by atoms with van der Waals surface area (Å²) >= 11 is 0. The lowest BCUT2D eigenvalue weighted by Crippen LogP contribution is -2.30. The second-order valence-electron chi connectivity index (χ2n) is 4.84. The summed E-state index contributed by atoms with van der Waals surface area (Å²) in [5, 5.41) is 3.32. The van der Waals surface area contributed by atoms with Crippen LogP contribution in [0.2, 0.25) is 0 Å². The Hall–Kier alpha value is -1.42. The zero-order valence-electron chi connectivity index (χ0n) is 11.7. The fourth-order valence-corrected chi connectivity index (χ4v) is 1.87. The molecule has 0 aromatic heterocycles. The highest BCUT2D eigenvalue weighted by Crippen LogP contribution is 2.28. The smallest absolute Gasteiger partial charge is 0.145 e. The Balaban J connectivity index is 2.61. The SMILES string of the molecule is COc1ccc(NCC(N)CC(C)C)c(OC)c1. The topological polar surface area (TPSA) is 56.5 Å². The van der Waals surface area contributed by atoms with Crippen molar-refractivity contribution in [1.29, 1.82) is 0 Å². The van der Waals surface area contributed by atoms with E-state index in [4.69, 9.17) is 15.2 Å². The monoisotopic (exact) mass is 252 g/mol. The fourth-order valence-electron chi connectivity index (χ4n) is 1.87. The normalized spacial score (nSPS) is 12.3. The van der Waals surface area contributed by atoms with Crippen LogP contribution in [0.25, 0.3) is 0 Å². The maximum Gasteiger partial charge on any atom is 0.145 e. The van der Waals surface area contributed by atoms with Crippen molar-refractivity contribution in [3.05, 3.63) is 18.2 Å². The Labute approximate surface area is 109 Å². The molecule has 0 radical (unpaired) electrons. The van der Waals surface area contributed by atoms with Crippen molar-refractivity contribution in [2.24, 2.45) is 11.7 Å². The molecular formula is C14H24N2O2. The molecular weight excluding hydrogens is 228 g/mol. The molecule has 1 unspecified atom stereocenters. The maximum atomic E-state index is 6.04. The van der Waals surface area contributed by atoms with Gasteiger partial charge in [0.25, 0.3) is 0 Å². The molecule has 1 aromatic rings. The van der Waals surface area contributed by atoms with Crippen molar-refractivity contribution < 1.29 is 9.47 Å². The summed E-state index contributed by atoms with van der Waals surface area (Å²) in [6, 6.07) is 5.85. The molecule has 1 aromatic carbocycles. The molecule has 0 aliphatic rings. The summed E-state index contributed by atoms with van der Waals surface area (Å²) in [5.74, 6) is 2.16. The van der Waals surface area contributed by atoms with Gasteiger partial charge in [-0.25, -0.2) is 0 Å². The van der Waals surface area contributed by atoms with E-state index in [1.165, 1.54) is 0 Å². The van der Waals surface area contributed by atoms with Gasteiger partial charge in [0, 0.05) is 18.7 Å². The third-order valence-corrected chi connectivity index (χ3v) is 2.74. The first-order valence-corrected chi connectivity index (χ1v) is 6.28. The predicted molar refractivity (Wildman–Crippen MR) is 75.5 cm³/mol. The number of rotatable bonds is 7. The molecule has 0 aliphatic heterocycles. The van der Waals surface area contributed by atoms with Gasteiger partial charge in [0.05, 0.1) is 19.9 Å². The largest absolute Gasteiger partial charge is 0.497 e. The van der Waals surface area contributed by atoms with E-state index in [-0.39, 0.29) is 6.04 Å². The number of anilines is 1. The van der Waals surface area contributed by atoms with E-state index in [0.717, 1.165) is 30.2 Å². The maximum absolute atomic E-state index is 6.04. The van der Waals surface area contributed by atoms with Gasteiger partial charge in [-0.15, -0.1) is 0 Å². The van der Waals surface area contributed by atoms with Crippen LogP contribution in [-0.4, -0.2) is 26.8 Å². The Morgan fingerprint density at radius 1 is 1.22 bits per heavy atom. The lowest BCUT2D eigenvalue weighted by atomic mass is 10.0. The van der Waals surface area contributed by atoms with Crippen molar-refractivity contribution in [2.75, 3.05) is 26.1 Å². The summed E-state index contributed by atoms with van der Waals surface area (Å²) in [6.07, 6.45) is 1.01. The molecule has 1 atom stereocenters. The highest BCUT2D eigenvalue weighted by atomic mass is 16.5. The van der Waals surface area contributed by atoms with Crippen LogP contribution < -0.4 is 20.5 Å². The van der Waals surface area contributed by atoms with Crippen LogP contribution in [-0.2, 0) is 0 Å². The number of hydrogen-bond donors (Lipinski definition) is 2. The van der Waals surface area contributed by atoms with Gasteiger partial charge in [-0.1, -0.05) is 13.8 Å². The van der Waals surface area contributed by atoms with Gasteiger partial charge in [-0.05, 0) is 24.5 Å². The van der Waals surface area contributed by atoms with Gasteiger partial charge in [-0.2, -0.15) is 0 Å². The Morgan fingerprint density at radius 2 is 1.94 bits per heavy atom. The van der Waals surface area contributed by atoms with Crippen LogP contribution in [0.4, 0.5) is 5.69 Å². The Bertz CT molecular complexity index is 367. The van der Waals surface area contributed by atoms with Gasteiger partial charge in [0.2, 0.25) is 0 Å². The van der Waals surface area contributed by atoms with Crippen molar-refractivity contribution in [3.63, 3.8) is 0 Å². The first-order valence-electron chi connectivity index (χ1n) is 6.28. The summed E-state index contributed by atoms with van der Waals surface area (Å²) in [4.78, 5) is 0. The predicted octanol–water partition coefficient (Wildman–Crippen LogP) is 2.49. The first kappa shape index (κ1) is 14.6. The summed E-state index contributed by atoms with van der Waals surface area (Å²) in [5.41, 5.74) is 6.98. The molecule has 0 amide bonds. The van der Waals surface area contributed by atoms with E-state index >= 15 is 0 Å². The van der Waals surface area contributed by atoms with Crippen molar-refractivity contribution in [1.82, 2.24) is 0 Å². The molecule has 0 fully saturated rings. The standard InChI is InChI=1S/C14H24N2O2/c1-10(2)7-11(15)9-16-13-6-5-12(17-3)8-14(13)18-4/h5-6,8,10-11,16H,7,9,15H2,1-4H3. The highest BCUT2D eigenvalue weighted by Gasteiger charge is 2.08. The van der Waals surface area contributed by atoms with Crippen molar-refractivity contribution in [3.8, 4) is 11.5 Å². The Kier molecular flexibility index (Phi) is 5.78. The van der Waals surface area contributed by atoms with Crippen LogP contribution in [0, 0.1) is 5.92 Å². The van der Waals surface area contributed by atoms with Crippen molar-refractivity contribution >= 4 is 5.69 Å². The zero-order chi connectivity index (χ0) is 13.5. The van der Waals surface area contributed by atoms with E-state index in [1.54, 1.807) is 14.2 Å². The van der Waals surface area contributed by atoms with E-state index in [1.807, 2.05) is 18.2 Å². The van der Waals surface area contributed by atoms with Gasteiger partial charge < -0.3 is 20.5 Å². The second kappa shape index (κ2) is 7.11. The number of nitrogens with two attached hydrogens (primary N) is 1. The lowest BCUT2D eigenvalue weighted by molar-refractivity contribution is 0.395. The first-order chi connectivity index (χ1) is 8.56. The molecule has 18 heavy (non-hydrogen) atoms. The minimum absolute atomic E-state index is 0.150. The average Bonchev–Trinajstić information content (AvgIpc) is 2.35. The molecule has 4 heteroatoms. The third kappa shape index (κ3) is 4.45. The number of hydrogen-bond acceptors (Lipinski definition) is 4. The van der Waals surface area contributed by atoms with Crippen LogP contribution in [0.5, 0.6) is 11.5 Å². The minimum Gasteiger partial charge on any atom is -0.497 e. The molecule has 0 saturated heterocycles. The number of benzene rings is 1. The quantitative estimate of drug-likeness (QED) is 0.783. The molecule has 0 bridgehead atoms. The Morgan fingerprint density at radius 3 is 2.50 bits per heavy atom. The second-order valence-corrected chi connectivity index (χ2v) is 4.84. The zero-order valence-corrected chi connectivity index (χ0v) is 11.7. The molecule has 1 rings (SSSR count). The molecule has 0 saturated carbocycles.